The van der Waals surface area contributed by atoms with Gasteiger partial charge in [-0.3, -0.25) is 9.59 Å². The van der Waals surface area contributed by atoms with Crippen molar-refractivity contribution < 1.29 is 9.59 Å². The lowest BCUT2D eigenvalue weighted by Crippen LogP contribution is -2.40. The number of alkyl halides is 1. The van der Waals surface area contributed by atoms with E-state index in [9.17, 15) is 9.59 Å². The van der Waals surface area contributed by atoms with Crippen LogP contribution in [0.5, 0.6) is 0 Å². The molecule has 0 saturated heterocycles. The summed E-state index contributed by atoms with van der Waals surface area (Å²) >= 11 is 3.41. The topological polar surface area (TPSA) is 46.2 Å². The molecule has 1 N–H and O–H groups in total. The Hall–Kier alpha value is -0.380. The van der Waals surface area contributed by atoms with Gasteiger partial charge in [-0.25, -0.2) is 0 Å². The van der Waals surface area contributed by atoms with Crippen molar-refractivity contribution >= 4 is 27.6 Å². The van der Waals surface area contributed by atoms with Crippen LogP contribution >= 0.6 is 15.9 Å². The normalized spacial score (nSPS) is 14.2. The predicted octanol–water partition coefficient (Wildman–Crippen LogP) is 2.67. The standard InChI is InChI=1S/C12H22BrNO2/c1-4-6-10(8-13)7-12(16)14-11(5-2)9(3)15/h10-11H,4-8H2,1-3H3,(H,14,16)/t10-,11+/m1/s1. The largest absolute Gasteiger partial charge is 0.346 e. The second-order valence-electron chi connectivity index (χ2n) is 4.15. The Bertz CT molecular complexity index is 231. The Labute approximate surface area is 106 Å². The van der Waals surface area contributed by atoms with Gasteiger partial charge in [0.05, 0.1) is 6.04 Å². The minimum Gasteiger partial charge on any atom is -0.346 e. The maximum atomic E-state index is 11.7. The summed E-state index contributed by atoms with van der Waals surface area (Å²) in [4.78, 5) is 22.8. The summed E-state index contributed by atoms with van der Waals surface area (Å²) < 4.78 is 0. The minimum atomic E-state index is -0.315. The van der Waals surface area contributed by atoms with Gasteiger partial charge in [0.1, 0.15) is 0 Å². The number of ketones is 1. The molecule has 0 aromatic heterocycles. The predicted molar refractivity (Wildman–Crippen MR) is 69.7 cm³/mol. The molecule has 0 saturated carbocycles. The highest BCUT2D eigenvalue weighted by molar-refractivity contribution is 9.09. The van der Waals surface area contributed by atoms with Gasteiger partial charge in [-0.2, -0.15) is 0 Å². The highest BCUT2D eigenvalue weighted by Crippen LogP contribution is 2.14. The molecular weight excluding hydrogens is 270 g/mol. The SMILES string of the molecule is CCC[C@@H](CBr)CC(=O)N[C@@H](CC)C(C)=O. The van der Waals surface area contributed by atoms with E-state index >= 15 is 0 Å². The monoisotopic (exact) mass is 291 g/mol. The highest BCUT2D eigenvalue weighted by atomic mass is 79.9. The fraction of sp³-hybridized carbons (Fsp3) is 0.833. The van der Waals surface area contributed by atoms with E-state index < -0.39 is 0 Å². The van der Waals surface area contributed by atoms with Crippen LogP contribution in [0.3, 0.4) is 0 Å². The first-order valence-corrected chi connectivity index (χ1v) is 7.03. The first kappa shape index (κ1) is 15.6. The van der Waals surface area contributed by atoms with Gasteiger partial charge in [-0.05, 0) is 25.7 Å². The summed E-state index contributed by atoms with van der Waals surface area (Å²) in [5.41, 5.74) is 0. The number of Topliss-reactive ketones (excluding diaryl/α,β-unsaturated/α-hetero) is 1. The average Bonchev–Trinajstić information content (AvgIpc) is 2.24. The van der Waals surface area contributed by atoms with Gasteiger partial charge in [0.25, 0.3) is 0 Å². The summed E-state index contributed by atoms with van der Waals surface area (Å²) in [5, 5.41) is 3.62. The average molecular weight is 292 g/mol. The van der Waals surface area contributed by atoms with Crippen LogP contribution in [0.15, 0.2) is 0 Å². The molecule has 2 atom stereocenters. The van der Waals surface area contributed by atoms with Crippen molar-refractivity contribution in [2.45, 2.75) is 52.5 Å². The van der Waals surface area contributed by atoms with Crippen molar-refractivity contribution in [1.82, 2.24) is 5.32 Å². The number of hydrogen-bond acceptors (Lipinski definition) is 2. The first-order valence-electron chi connectivity index (χ1n) is 5.90. The molecule has 0 fully saturated rings. The molecule has 4 heteroatoms. The molecule has 0 rings (SSSR count). The number of carbonyl (C=O) groups excluding carboxylic acids is 2. The van der Waals surface area contributed by atoms with Crippen molar-refractivity contribution in [2.75, 3.05) is 5.33 Å². The van der Waals surface area contributed by atoms with Crippen LogP contribution < -0.4 is 5.32 Å². The van der Waals surface area contributed by atoms with Crippen LogP contribution in [0.2, 0.25) is 0 Å². The molecular formula is C12H22BrNO2. The van der Waals surface area contributed by atoms with E-state index in [1.54, 1.807) is 0 Å². The van der Waals surface area contributed by atoms with E-state index in [0.29, 0.717) is 18.8 Å². The summed E-state index contributed by atoms with van der Waals surface area (Å²) in [6.45, 7) is 5.53. The molecule has 0 unspecified atom stereocenters. The summed E-state index contributed by atoms with van der Waals surface area (Å²) in [6, 6.07) is -0.315. The number of hydrogen-bond donors (Lipinski definition) is 1. The van der Waals surface area contributed by atoms with Crippen LogP contribution in [-0.4, -0.2) is 23.1 Å². The molecule has 0 spiro atoms. The summed E-state index contributed by atoms with van der Waals surface area (Å²) in [7, 11) is 0. The van der Waals surface area contributed by atoms with Gasteiger partial charge in [-0.15, -0.1) is 0 Å². The molecule has 0 aromatic carbocycles. The molecule has 0 aromatic rings. The van der Waals surface area contributed by atoms with Crippen molar-refractivity contribution in [3.63, 3.8) is 0 Å². The van der Waals surface area contributed by atoms with Crippen LogP contribution in [0.25, 0.3) is 0 Å². The van der Waals surface area contributed by atoms with E-state index in [1.807, 2.05) is 6.92 Å². The molecule has 0 heterocycles. The first-order chi connectivity index (χ1) is 7.54. The molecule has 0 aliphatic carbocycles. The van der Waals surface area contributed by atoms with Crippen LogP contribution in [0, 0.1) is 5.92 Å². The maximum absolute atomic E-state index is 11.7. The van der Waals surface area contributed by atoms with Crippen LogP contribution in [-0.2, 0) is 9.59 Å². The third kappa shape index (κ3) is 6.26. The highest BCUT2D eigenvalue weighted by Gasteiger charge is 2.17. The molecule has 3 nitrogen and oxygen atoms in total. The molecule has 0 aliphatic heterocycles. The van der Waals surface area contributed by atoms with Gasteiger partial charge in [0.15, 0.2) is 5.78 Å². The third-order valence-electron chi connectivity index (χ3n) is 2.62. The van der Waals surface area contributed by atoms with Crippen LogP contribution in [0.4, 0.5) is 0 Å². The van der Waals surface area contributed by atoms with Gasteiger partial charge < -0.3 is 5.32 Å². The number of nitrogens with one attached hydrogen (secondary N) is 1. The molecule has 0 radical (unpaired) electrons. The lowest BCUT2D eigenvalue weighted by molar-refractivity contribution is -0.127. The zero-order chi connectivity index (χ0) is 12.6. The van der Waals surface area contributed by atoms with Crippen molar-refractivity contribution in [3.8, 4) is 0 Å². The second kappa shape index (κ2) is 8.74. The zero-order valence-corrected chi connectivity index (χ0v) is 12.0. The van der Waals surface area contributed by atoms with Gasteiger partial charge in [0.2, 0.25) is 5.91 Å². The molecule has 0 aliphatic rings. The molecule has 1 amide bonds. The summed E-state index contributed by atoms with van der Waals surface area (Å²) in [5.74, 6) is 0.385. The van der Waals surface area contributed by atoms with Crippen LogP contribution in [0.1, 0.15) is 46.5 Å². The van der Waals surface area contributed by atoms with Gasteiger partial charge in [0, 0.05) is 11.8 Å². The second-order valence-corrected chi connectivity index (χ2v) is 4.80. The fourth-order valence-corrected chi connectivity index (χ4v) is 2.20. The summed E-state index contributed by atoms with van der Waals surface area (Å²) in [6.07, 6.45) is 3.28. The zero-order valence-electron chi connectivity index (χ0n) is 10.4. The van der Waals surface area contributed by atoms with Crippen molar-refractivity contribution in [3.05, 3.63) is 0 Å². The smallest absolute Gasteiger partial charge is 0.220 e. The Morgan fingerprint density at radius 2 is 1.94 bits per heavy atom. The number of amides is 1. The van der Waals surface area contributed by atoms with E-state index in [4.69, 9.17) is 0 Å². The molecule has 94 valence electrons. The lowest BCUT2D eigenvalue weighted by atomic mass is 10.0. The van der Waals surface area contributed by atoms with E-state index in [-0.39, 0.29) is 17.7 Å². The maximum Gasteiger partial charge on any atom is 0.220 e. The lowest BCUT2D eigenvalue weighted by Gasteiger charge is -2.17. The van der Waals surface area contributed by atoms with Crippen molar-refractivity contribution in [2.24, 2.45) is 5.92 Å². The number of rotatable bonds is 8. The number of carbonyl (C=O) groups is 2. The minimum absolute atomic E-state index is 0.0139. The fourth-order valence-electron chi connectivity index (χ4n) is 1.65. The van der Waals surface area contributed by atoms with Crippen molar-refractivity contribution in [1.29, 1.82) is 0 Å². The molecule has 0 bridgehead atoms. The molecule has 16 heavy (non-hydrogen) atoms. The van der Waals surface area contributed by atoms with E-state index in [1.165, 1.54) is 6.92 Å². The Kier molecular flexibility index (Phi) is 8.53. The van der Waals surface area contributed by atoms with E-state index in [2.05, 4.69) is 28.2 Å². The van der Waals surface area contributed by atoms with Gasteiger partial charge >= 0.3 is 0 Å². The van der Waals surface area contributed by atoms with Gasteiger partial charge in [-0.1, -0.05) is 36.2 Å². The number of halogens is 1. The Balaban J connectivity index is 4.09. The quantitative estimate of drug-likeness (QED) is 0.699. The third-order valence-corrected chi connectivity index (χ3v) is 3.54. The Morgan fingerprint density at radius 3 is 2.31 bits per heavy atom. The van der Waals surface area contributed by atoms with E-state index in [0.717, 1.165) is 18.2 Å². The Morgan fingerprint density at radius 1 is 1.31 bits per heavy atom.